The number of allylic oxidation sites excluding steroid dienone is 2. The van der Waals surface area contributed by atoms with Gasteiger partial charge in [0.05, 0.1) is 11.3 Å². The molecular weight excluding hydrogens is 482 g/mol. The summed E-state index contributed by atoms with van der Waals surface area (Å²) in [5.74, 6) is -22.0. The van der Waals surface area contributed by atoms with E-state index in [4.69, 9.17) is 0 Å². The highest BCUT2D eigenvalue weighted by molar-refractivity contribution is 5.88. The number of nitrogens with one attached hydrogen (secondary N) is 1. The lowest BCUT2D eigenvalue weighted by Crippen LogP contribution is -2.09. The maximum Gasteiger partial charge on any atom is 0.200 e. The summed E-state index contributed by atoms with van der Waals surface area (Å²) in [6.45, 7) is 0. The molecule has 0 bridgehead atoms. The maximum atomic E-state index is 14.5. The molecule has 0 aliphatic carbocycles. The first-order valence-electron chi connectivity index (χ1n) is 9.19. The molecule has 12 heteroatoms. The standard InChI is InChI=1S/C22H8F10N2/c23-13-8(14(24)18(28)21(31)17(13)27)6-7-3-4-10(34-7)11(9-2-1-5-33-9)12-15(25)19(29)22(32)20(30)16(12)26/h1-5,34H,6H2/b11-9+. The highest BCUT2D eigenvalue weighted by Gasteiger charge is 2.31. The van der Waals surface area contributed by atoms with E-state index in [-0.39, 0.29) is 17.1 Å². The van der Waals surface area contributed by atoms with Crippen LogP contribution in [0, 0.1) is 58.2 Å². The van der Waals surface area contributed by atoms with Crippen molar-refractivity contribution in [2.75, 3.05) is 0 Å². The molecule has 0 atom stereocenters. The Morgan fingerprint density at radius 2 is 1.15 bits per heavy atom. The molecule has 2 heterocycles. The normalized spacial score (nSPS) is 14.4. The molecule has 4 rings (SSSR count). The van der Waals surface area contributed by atoms with Crippen molar-refractivity contribution in [3.8, 4) is 0 Å². The Balaban J connectivity index is 1.86. The molecule has 0 spiro atoms. The van der Waals surface area contributed by atoms with Crippen molar-refractivity contribution in [3.05, 3.63) is 111 Å². The summed E-state index contributed by atoms with van der Waals surface area (Å²) in [6, 6.07) is 2.13. The van der Waals surface area contributed by atoms with Crippen LogP contribution in [0.5, 0.6) is 0 Å². The van der Waals surface area contributed by atoms with Crippen LogP contribution < -0.4 is 0 Å². The summed E-state index contributed by atoms with van der Waals surface area (Å²) in [5, 5.41) is 0. The number of aromatic amines is 1. The Bertz CT molecular complexity index is 1360. The van der Waals surface area contributed by atoms with Crippen molar-refractivity contribution in [1.29, 1.82) is 0 Å². The summed E-state index contributed by atoms with van der Waals surface area (Å²) in [5.41, 5.74) is -3.87. The number of rotatable bonds is 4. The van der Waals surface area contributed by atoms with E-state index in [9.17, 15) is 43.9 Å². The van der Waals surface area contributed by atoms with E-state index in [1.807, 2.05) is 0 Å². The number of halogens is 10. The predicted molar refractivity (Wildman–Crippen MR) is 99.7 cm³/mol. The van der Waals surface area contributed by atoms with Crippen LogP contribution >= 0.6 is 0 Å². The van der Waals surface area contributed by atoms with Crippen molar-refractivity contribution in [2.45, 2.75) is 6.42 Å². The van der Waals surface area contributed by atoms with Crippen LogP contribution in [-0.4, -0.2) is 11.2 Å². The van der Waals surface area contributed by atoms with Crippen LogP contribution in [-0.2, 0) is 6.42 Å². The van der Waals surface area contributed by atoms with Gasteiger partial charge >= 0.3 is 0 Å². The van der Waals surface area contributed by atoms with Crippen molar-refractivity contribution in [2.24, 2.45) is 4.99 Å². The lowest BCUT2D eigenvalue weighted by molar-refractivity contribution is 0.371. The molecule has 1 N–H and O–H groups in total. The average Bonchev–Trinajstić information content (AvgIpc) is 3.52. The summed E-state index contributed by atoms with van der Waals surface area (Å²) >= 11 is 0. The lowest BCUT2D eigenvalue weighted by Gasteiger charge is -2.13. The molecule has 3 aromatic rings. The number of aromatic nitrogens is 1. The van der Waals surface area contributed by atoms with Gasteiger partial charge in [0.1, 0.15) is 0 Å². The second-order valence-corrected chi connectivity index (χ2v) is 6.96. The van der Waals surface area contributed by atoms with E-state index in [1.165, 1.54) is 18.4 Å². The second kappa shape index (κ2) is 8.50. The molecule has 1 aromatic heterocycles. The van der Waals surface area contributed by atoms with Gasteiger partial charge in [-0.15, -0.1) is 0 Å². The van der Waals surface area contributed by atoms with E-state index < -0.39 is 81.3 Å². The van der Waals surface area contributed by atoms with Crippen LogP contribution in [0.3, 0.4) is 0 Å². The number of nitrogens with zero attached hydrogens (tertiary/aromatic N) is 1. The SMILES string of the molecule is Fc1c(F)c(F)c(Cc2ccc(/C(=C3/C=CC=N3)c3c(F)c(F)c(F)c(F)c3F)[nH]2)c(F)c1F. The number of hydrogen-bond acceptors (Lipinski definition) is 1. The van der Waals surface area contributed by atoms with Gasteiger partial charge in [-0.1, -0.05) is 0 Å². The molecule has 0 saturated carbocycles. The van der Waals surface area contributed by atoms with Crippen molar-refractivity contribution < 1.29 is 43.9 Å². The van der Waals surface area contributed by atoms with Crippen LogP contribution in [0.2, 0.25) is 0 Å². The van der Waals surface area contributed by atoms with Crippen LogP contribution in [0.15, 0.2) is 35.0 Å². The highest BCUT2D eigenvalue weighted by Crippen LogP contribution is 2.36. The predicted octanol–water partition coefficient (Wildman–Crippen LogP) is 6.40. The van der Waals surface area contributed by atoms with E-state index in [2.05, 4.69) is 9.98 Å². The molecule has 0 fully saturated rings. The first-order valence-corrected chi connectivity index (χ1v) is 9.19. The zero-order valence-electron chi connectivity index (χ0n) is 16.3. The first kappa shape index (κ1) is 23.3. The summed E-state index contributed by atoms with van der Waals surface area (Å²) in [7, 11) is 0. The zero-order valence-corrected chi connectivity index (χ0v) is 16.3. The van der Waals surface area contributed by atoms with Crippen molar-refractivity contribution in [3.63, 3.8) is 0 Å². The molecule has 0 saturated heterocycles. The lowest BCUT2D eigenvalue weighted by atomic mass is 9.98. The monoisotopic (exact) mass is 490 g/mol. The molecule has 0 unspecified atom stereocenters. The Labute approximate surface area is 183 Å². The van der Waals surface area contributed by atoms with Gasteiger partial charge in [-0.05, 0) is 24.3 Å². The van der Waals surface area contributed by atoms with Crippen LogP contribution in [0.25, 0.3) is 5.57 Å². The van der Waals surface area contributed by atoms with Gasteiger partial charge in [-0.3, -0.25) is 4.99 Å². The smallest absolute Gasteiger partial charge is 0.200 e. The Morgan fingerprint density at radius 1 is 0.647 bits per heavy atom. The molecule has 1 aliphatic rings. The van der Waals surface area contributed by atoms with Gasteiger partial charge < -0.3 is 4.98 Å². The van der Waals surface area contributed by atoms with E-state index in [1.54, 1.807) is 0 Å². The molecule has 34 heavy (non-hydrogen) atoms. The second-order valence-electron chi connectivity index (χ2n) is 6.96. The molecule has 176 valence electrons. The third-order valence-corrected chi connectivity index (χ3v) is 4.95. The van der Waals surface area contributed by atoms with E-state index in [0.29, 0.717) is 0 Å². The van der Waals surface area contributed by atoms with Gasteiger partial charge in [0.15, 0.2) is 46.5 Å². The minimum Gasteiger partial charge on any atom is -0.358 e. The largest absolute Gasteiger partial charge is 0.358 e. The summed E-state index contributed by atoms with van der Waals surface area (Å²) < 4.78 is 138. The van der Waals surface area contributed by atoms with Gasteiger partial charge in [0, 0.05) is 35.2 Å². The fourth-order valence-corrected chi connectivity index (χ4v) is 3.36. The summed E-state index contributed by atoms with van der Waals surface area (Å²) in [6.07, 6.45) is 2.78. The molecule has 2 nitrogen and oxygen atoms in total. The van der Waals surface area contributed by atoms with Crippen LogP contribution in [0.1, 0.15) is 22.5 Å². The fraction of sp³-hybridized carbons (Fsp3) is 0.0455. The molecule has 0 radical (unpaired) electrons. The number of H-pyrrole nitrogens is 1. The summed E-state index contributed by atoms with van der Waals surface area (Å²) in [4.78, 5) is 6.24. The van der Waals surface area contributed by atoms with Gasteiger partial charge in [-0.25, -0.2) is 43.9 Å². The number of aliphatic imine (C=N–C) groups is 1. The third kappa shape index (κ3) is 3.58. The zero-order chi connectivity index (χ0) is 24.9. The van der Waals surface area contributed by atoms with Gasteiger partial charge in [0.25, 0.3) is 0 Å². The molecule has 1 aliphatic heterocycles. The third-order valence-electron chi connectivity index (χ3n) is 4.95. The Kier molecular flexibility index (Phi) is 5.84. The maximum absolute atomic E-state index is 14.5. The number of hydrogen-bond donors (Lipinski definition) is 1. The average molecular weight is 490 g/mol. The molecule has 0 amide bonds. The van der Waals surface area contributed by atoms with Crippen LogP contribution in [0.4, 0.5) is 43.9 Å². The van der Waals surface area contributed by atoms with E-state index in [0.717, 1.165) is 12.1 Å². The van der Waals surface area contributed by atoms with E-state index >= 15 is 0 Å². The van der Waals surface area contributed by atoms with Crippen molar-refractivity contribution in [1.82, 2.24) is 4.98 Å². The number of benzene rings is 2. The van der Waals surface area contributed by atoms with Crippen molar-refractivity contribution >= 4 is 11.8 Å². The van der Waals surface area contributed by atoms with Gasteiger partial charge in [-0.2, -0.15) is 0 Å². The quantitative estimate of drug-likeness (QED) is 0.249. The fourth-order valence-electron chi connectivity index (χ4n) is 3.36. The Morgan fingerprint density at radius 3 is 1.65 bits per heavy atom. The first-order chi connectivity index (χ1) is 16.0. The minimum absolute atomic E-state index is 0.203. The minimum atomic E-state index is -2.38. The van der Waals surface area contributed by atoms with Gasteiger partial charge in [0.2, 0.25) is 11.6 Å². The molecular formula is C22H8F10N2. The molecule has 2 aromatic carbocycles. The topological polar surface area (TPSA) is 28.1 Å². The highest BCUT2D eigenvalue weighted by atomic mass is 19.2. The Hall–Kier alpha value is -3.83.